The lowest BCUT2D eigenvalue weighted by Gasteiger charge is -2.22. The Morgan fingerprint density at radius 3 is 1.87 bits per heavy atom. The van der Waals surface area contributed by atoms with Gasteiger partial charge in [-0.2, -0.15) is 0 Å². The van der Waals surface area contributed by atoms with Gasteiger partial charge >= 0.3 is 0 Å². The molecule has 0 heterocycles. The van der Waals surface area contributed by atoms with Crippen molar-refractivity contribution in [3.05, 3.63) is 0 Å². The van der Waals surface area contributed by atoms with Crippen molar-refractivity contribution < 1.29 is 10.2 Å². The Hall–Kier alpha value is -0.0800. The normalized spacial score (nSPS) is 17.4. The van der Waals surface area contributed by atoms with Gasteiger partial charge in [0.15, 0.2) is 0 Å². The predicted molar refractivity (Wildman–Crippen MR) is 64.8 cm³/mol. The molecule has 0 bridgehead atoms. The van der Waals surface area contributed by atoms with Crippen LogP contribution in [0.3, 0.4) is 0 Å². The van der Waals surface area contributed by atoms with Crippen molar-refractivity contribution >= 4 is 0 Å². The Bertz CT molecular complexity index is 136. The lowest BCUT2D eigenvalue weighted by atomic mass is 9.90. The molecule has 15 heavy (non-hydrogen) atoms. The van der Waals surface area contributed by atoms with Crippen LogP contribution in [0.2, 0.25) is 0 Å². The highest BCUT2D eigenvalue weighted by molar-refractivity contribution is 4.69. The first kappa shape index (κ1) is 14.9. The highest BCUT2D eigenvalue weighted by atomic mass is 16.3. The van der Waals surface area contributed by atoms with Gasteiger partial charge in [0, 0.05) is 0 Å². The zero-order valence-corrected chi connectivity index (χ0v) is 10.6. The molecule has 0 spiro atoms. The molecule has 2 N–H and O–H groups in total. The highest BCUT2D eigenvalue weighted by Gasteiger charge is 2.17. The number of hydrogen-bond acceptors (Lipinski definition) is 2. The third kappa shape index (κ3) is 6.91. The van der Waals surface area contributed by atoms with Gasteiger partial charge in [-0.3, -0.25) is 0 Å². The molecule has 92 valence electrons. The second-order valence-electron chi connectivity index (χ2n) is 4.54. The van der Waals surface area contributed by atoms with E-state index >= 15 is 0 Å². The molecule has 0 aliphatic carbocycles. The molecule has 3 atom stereocenters. The van der Waals surface area contributed by atoms with Crippen molar-refractivity contribution in [1.82, 2.24) is 0 Å². The molecule has 3 unspecified atom stereocenters. The van der Waals surface area contributed by atoms with E-state index in [1.54, 1.807) is 0 Å². The first-order valence-electron chi connectivity index (χ1n) is 6.51. The van der Waals surface area contributed by atoms with Crippen LogP contribution in [0.5, 0.6) is 0 Å². The van der Waals surface area contributed by atoms with Gasteiger partial charge in [0.2, 0.25) is 0 Å². The smallest absolute Gasteiger partial charge is 0.0569 e. The minimum Gasteiger partial charge on any atom is -0.393 e. The standard InChI is InChI=1S/C13H28O2/c1-4-7-11(6-3)13(15)10-9-12(14)8-5-2/h11-15H,4-10H2,1-3H3. The first-order chi connectivity index (χ1) is 7.15. The third-order valence-electron chi connectivity index (χ3n) is 3.15. The van der Waals surface area contributed by atoms with Crippen LogP contribution in [0.4, 0.5) is 0 Å². The van der Waals surface area contributed by atoms with Gasteiger partial charge in [0.05, 0.1) is 12.2 Å². The summed E-state index contributed by atoms with van der Waals surface area (Å²) in [5.41, 5.74) is 0. The van der Waals surface area contributed by atoms with Crippen molar-refractivity contribution in [2.45, 2.75) is 77.9 Å². The van der Waals surface area contributed by atoms with Gasteiger partial charge in [-0.1, -0.05) is 40.0 Å². The SMILES string of the molecule is CCCC(O)CCC(O)C(CC)CCC. The van der Waals surface area contributed by atoms with Gasteiger partial charge in [-0.15, -0.1) is 0 Å². The number of hydrogen-bond donors (Lipinski definition) is 2. The molecule has 0 aliphatic rings. The van der Waals surface area contributed by atoms with Gasteiger partial charge in [0.1, 0.15) is 0 Å². The minimum atomic E-state index is -0.221. The fourth-order valence-electron chi connectivity index (χ4n) is 2.12. The highest BCUT2D eigenvalue weighted by Crippen LogP contribution is 2.20. The predicted octanol–water partition coefficient (Wildman–Crippen LogP) is 3.11. The zero-order chi connectivity index (χ0) is 11.7. The molecule has 0 aromatic heterocycles. The number of rotatable bonds is 9. The first-order valence-corrected chi connectivity index (χ1v) is 6.51. The molecule has 0 aliphatic heterocycles. The summed E-state index contributed by atoms with van der Waals surface area (Å²) < 4.78 is 0. The summed E-state index contributed by atoms with van der Waals surface area (Å²) in [4.78, 5) is 0. The Morgan fingerprint density at radius 1 is 0.800 bits per heavy atom. The maximum absolute atomic E-state index is 9.95. The largest absolute Gasteiger partial charge is 0.393 e. The van der Waals surface area contributed by atoms with E-state index in [-0.39, 0.29) is 12.2 Å². The third-order valence-corrected chi connectivity index (χ3v) is 3.15. The summed E-state index contributed by atoms with van der Waals surface area (Å²) in [6.45, 7) is 6.36. The second-order valence-corrected chi connectivity index (χ2v) is 4.54. The molecule has 0 radical (unpaired) electrons. The molecule has 0 amide bonds. The Labute approximate surface area is 94.7 Å². The van der Waals surface area contributed by atoms with Crippen LogP contribution < -0.4 is 0 Å². The van der Waals surface area contributed by atoms with Crippen molar-refractivity contribution in [3.8, 4) is 0 Å². The Morgan fingerprint density at radius 2 is 1.40 bits per heavy atom. The van der Waals surface area contributed by atoms with E-state index in [9.17, 15) is 10.2 Å². The summed E-state index contributed by atoms with van der Waals surface area (Å²) in [5.74, 6) is 0.420. The van der Waals surface area contributed by atoms with E-state index in [0.29, 0.717) is 5.92 Å². The van der Waals surface area contributed by atoms with Gasteiger partial charge < -0.3 is 10.2 Å². The number of aliphatic hydroxyl groups excluding tert-OH is 2. The van der Waals surface area contributed by atoms with Crippen molar-refractivity contribution in [1.29, 1.82) is 0 Å². The van der Waals surface area contributed by atoms with Crippen LogP contribution in [0.25, 0.3) is 0 Å². The summed E-state index contributed by atoms with van der Waals surface area (Å²) in [7, 11) is 0. The monoisotopic (exact) mass is 216 g/mol. The van der Waals surface area contributed by atoms with Gasteiger partial charge in [-0.05, 0) is 31.6 Å². The maximum Gasteiger partial charge on any atom is 0.0569 e. The molecule has 0 rings (SSSR count). The van der Waals surface area contributed by atoms with E-state index in [0.717, 1.165) is 44.9 Å². The van der Waals surface area contributed by atoms with E-state index in [1.807, 2.05) is 0 Å². The summed E-state index contributed by atoms with van der Waals surface area (Å²) >= 11 is 0. The quantitative estimate of drug-likeness (QED) is 0.621. The van der Waals surface area contributed by atoms with Crippen LogP contribution in [-0.2, 0) is 0 Å². The molecular weight excluding hydrogens is 188 g/mol. The summed E-state index contributed by atoms with van der Waals surface area (Å²) in [6.07, 6.45) is 6.20. The Kier molecular flexibility index (Phi) is 9.12. The van der Waals surface area contributed by atoms with E-state index < -0.39 is 0 Å². The molecule has 2 heteroatoms. The maximum atomic E-state index is 9.95. The Balaban J connectivity index is 3.73. The van der Waals surface area contributed by atoms with Gasteiger partial charge in [0.25, 0.3) is 0 Å². The van der Waals surface area contributed by atoms with Crippen LogP contribution in [-0.4, -0.2) is 22.4 Å². The van der Waals surface area contributed by atoms with Crippen molar-refractivity contribution in [2.75, 3.05) is 0 Å². The fourth-order valence-corrected chi connectivity index (χ4v) is 2.12. The molecule has 2 nitrogen and oxygen atoms in total. The fraction of sp³-hybridized carbons (Fsp3) is 1.00. The average molecular weight is 216 g/mol. The van der Waals surface area contributed by atoms with Crippen LogP contribution in [0, 0.1) is 5.92 Å². The molecule has 0 saturated heterocycles. The topological polar surface area (TPSA) is 40.5 Å². The lowest BCUT2D eigenvalue weighted by Crippen LogP contribution is -2.21. The van der Waals surface area contributed by atoms with E-state index in [1.165, 1.54) is 0 Å². The van der Waals surface area contributed by atoms with Crippen LogP contribution in [0.1, 0.15) is 65.7 Å². The summed E-state index contributed by atoms with van der Waals surface area (Å²) in [6, 6.07) is 0. The van der Waals surface area contributed by atoms with Crippen molar-refractivity contribution in [2.24, 2.45) is 5.92 Å². The summed E-state index contributed by atoms with van der Waals surface area (Å²) in [5, 5.41) is 19.5. The molecule has 0 fully saturated rings. The van der Waals surface area contributed by atoms with Crippen LogP contribution >= 0.6 is 0 Å². The molecular formula is C13H28O2. The van der Waals surface area contributed by atoms with Gasteiger partial charge in [-0.25, -0.2) is 0 Å². The molecule has 0 aromatic rings. The van der Waals surface area contributed by atoms with E-state index in [2.05, 4.69) is 20.8 Å². The second kappa shape index (κ2) is 9.17. The molecule has 0 aromatic carbocycles. The number of aliphatic hydroxyl groups is 2. The average Bonchev–Trinajstić information content (AvgIpc) is 2.23. The molecule has 0 saturated carbocycles. The zero-order valence-electron chi connectivity index (χ0n) is 10.6. The van der Waals surface area contributed by atoms with Crippen molar-refractivity contribution in [3.63, 3.8) is 0 Å². The van der Waals surface area contributed by atoms with E-state index in [4.69, 9.17) is 0 Å². The minimum absolute atomic E-state index is 0.219. The lowest BCUT2D eigenvalue weighted by molar-refractivity contribution is 0.0658. The van der Waals surface area contributed by atoms with Crippen LogP contribution in [0.15, 0.2) is 0 Å².